The van der Waals surface area contributed by atoms with Crippen molar-refractivity contribution in [2.24, 2.45) is 17.8 Å². The number of hydrogen-bond donors (Lipinski definition) is 2. The van der Waals surface area contributed by atoms with Crippen molar-refractivity contribution in [2.75, 3.05) is 4.90 Å². The quantitative estimate of drug-likeness (QED) is 0.0888. The number of carbonyl (C=O) groups excluding carboxylic acids is 4. The average Bonchev–Trinajstić information content (AvgIpc) is 3.26. The molecule has 3 fully saturated rings. The summed E-state index contributed by atoms with van der Waals surface area (Å²) in [4.78, 5) is 47.7. The average molecular weight is 696 g/mol. The normalized spacial score (nSPS) is 32.3. The molecule has 2 aromatic carbocycles. The molecule has 220 valence electrons. The lowest BCUT2D eigenvalue weighted by molar-refractivity contribution is -0.173. The van der Waals surface area contributed by atoms with Crippen LogP contribution in [0.2, 0.25) is 0 Å². The molecule has 1 saturated carbocycles. The molecular formula is C26H14BrCl2F5N2O6. The van der Waals surface area contributed by atoms with E-state index in [-0.39, 0.29) is 27.5 Å². The first-order chi connectivity index (χ1) is 19.6. The standard InChI is InChI=1S/C26H14BrCl2F5N2O6/c27-7-1-4-12(37)10(5-7)14-8-2-3-9-13(22(39)36(42)21(9)38)11(8)6-25(28)23(40)35(24(41)26(14,25)29)20-18(33)16(31)15(30)17(32)19(20)34/h1-2,4-5,9,11,13-14,37,42H,3,6H2/t9-,11+,13-,14+,25+,26-/m0/s1. The van der Waals surface area contributed by atoms with Crippen molar-refractivity contribution >= 4 is 68.4 Å². The zero-order chi connectivity index (χ0) is 30.8. The number of rotatable bonds is 2. The fourth-order valence-electron chi connectivity index (χ4n) is 6.65. The fourth-order valence-corrected chi connectivity index (χ4v) is 7.96. The number of phenols is 1. The Morgan fingerprint density at radius 3 is 2.10 bits per heavy atom. The molecule has 4 amide bonds. The highest BCUT2D eigenvalue weighted by Crippen LogP contribution is 2.66. The summed E-state index contributed by atoms with van der Waals surface area (Å²) in [5, 5.41) is 20.8. The summed E-state index contributed by atoms with van der Waals surface area (Å²) in [5.74, 6) is -23.5. The maximum Gasteiger partial charge on any atom is 0.258 e. The molecule has 4 aliphatic rings. The van der Waals surface area contributed by atoms with Gasteiger partial charge in [-0.15, -0.1) is 23.2 Å². The van der Waals surface area contributed by atoms with Crippen LogP contribution >= 0.6 is 39.1 Å². The third-order valence-electron chi connectivity index (χ3n) is 8.50. The highest BCUT2D eigenvalue weighted by molar-refractivity contribution is 9.10. The number of anilines is 1. The zero-order valence-electron chi connectivity index (χ0n) is 20.5. The molecule has 0 unspecified atom stereocenters. The van der Waals surface area contributed by atoms with E-state index >= 15 is 0 Å². The second-order valence-corrected chi connectivity index (χ2v) is 12.5. The van der Waals surface area contributed by atoms with Crippen LogP contribution in [0, 0.1) is 46.8 Å². The fraction of sp³-hybridized carbons (Fsp3) is 0.308. The molecule has 2 aliphatic heterocycles. The van der Waals surface area contributed by atoms with Gasteiger partial charge in [-0.1, -0.05) is 27.6 Å². The smallest absolute Gasteiger partial charge is 0.258 e. The second-order valence-electron chi connectivity index (χ2n) is 10.4. The van der Waals surface area contributed by atoms with Gasteiger partial charge in [0.1, 0.15) is 11.4 Å². The first-order valence-electron chi connectivity index (χ1n) is 12.1. The van der Waals surface area contributed by atoms with Crippen molar-refractivity contribution in [1.82, 2.24) is 5.06 Å². The summed E-state index contributed by atoms with van der Waals surface area (Å²) in [6.45, 7) is 0. The minimum atomic E-state index is -2.76. The van der Waals surface area contributed by atoms with E-state index in [0.717, 1.165) is 0 Å². The predicted molar refractivity (Wildman–Crippen MR) is 136 cm³/mol. The molecule has 2 saturated heterocycles. The number of hydrogen-bond acceptors (Lipinski definition) is 6. The van der Waals surface area contributed by atoms with Crippen LogP contribution < -0.4 is 4.90 Å². The van der Waals surface area contributed by atoms with Crippen molar-refractivity contribution < 1.29 is 51.4 Å². The molecule has 0 bridgehead atoms. The third-order valence-corrected chi connectivity index (χ3v) is 10.4. The Kier molecular flexibility index (Phi) is 6.37. The molecule has 42 heavy (non-hydrogen) atoms. The molecular weight excluding hydrogens is 682 g/mol. The lowest BCUT2D eigenvalue weighted by Crippen LogP contribution is -2.60. The van der Waals surface area contributed by atoms with Crippen LogP contribution in [0.3, 0.4) is 0 Å². The molecule has 8 nitrogen and oxygen atoms in total. The van der Waals surface area contributed by atoms with Crippen molar-refractivity contribution in [3.8, 4) is 5.75 Å². The highest BCUT2D eigenvalue weighted by atomic mass is 79.9. The second kappa shape index (κ2) is 9.21. The Morgan fingerprint density at radius 1 is 0.881 bits per heavy atom. The maximum absolute atomic E-state index is 14.9. The topological polar surface area (TPSA) is 115 Å². The van der Waals surface area contributed by atoms with Gasteiger partial charge in [0.2, 0.25) is 5.82 Å². The number of nitrogens with zero attached hydrogens (tertiary/aromatic N) is 2. The van der Waals surface area contributed by atoms with E-state index in [1.165, 1.54) is 24.3 Å². The molecule has 2 N–H and O–H groups in total. The van der Waals surface area contributed by atoms with E-state index in [0.29, 0.717) is 4.47 Å². The minimum absolute atomic E-state index is 0.0795. The lowest BCUT2D eigenvalue weighted by atomic mass is 9.56. The van der Waals surface area contributed by atoms with E-state index in [2.05, 4.69) is 15.9 Å². The van der Waals surface area contributed by atoms with Gasteiger partial charge in [0.25, 0.3) is 23.6 Å². The first kappa shape index (κ1) is 29.0. The number of aromatic hydroxyl groups is 1. The summed E-state index contributed by atoms with van der Waals surface area (Å²) in [6, 6.07) is 3.90. The third kappa shape index (κ3) is 3.37. The summed E-state index contributed by atoms with van der Waals surface area (Å²) >= 11 is 17.0. The Labute approximate surface area is 250 Å². The van der Waals surface area contributed by atoms with E-state index < -0.39 is 104 Å². The lowest BCUT2D eigenvalue weighted by Gasteiger charge is -2.50. The number of halogens is 8. The molecule has 2 aliphatic carbocycles. The van der Waals surface area contributed by atoms with Gasteiger partial charge in [-0.25, -0.2) is 26.9 Å². The molecule has 16 heteroatoms. The Balaban J connectivity index is 1.63. The van der Waals surface area contributed by atoms with E-state index in [9.17, 15) is 51.4 Å². The number of alkyl halides is 2. The van der Waals surface area contributed by atoms with Gasteiger partial charge in [0.15, 0.2) is 33.0 Å². The van der Waals surface area contributed by atoms with Crippen LogP contribution in [0.1, 0.15) is 24.3 Å². The summed E-state index contributed by atoms with van der Waals surface area (Å²) in [5.41, 5.74) is -1.92. The number of fused-ring (bicyclic) bond motifs is 4. The highest BCUT2D eigenvalue weighted by Gasteiger charge is 2.77. The number of carbonyl (C=O) groups is 4. The maximum atomic E-state index is 14.9. The first-order valence-corrected chi connectivity index (χ1v) is 13.7. The van der Waals surface area contributed by atoms with Crippen molar-refractivity contribution in [1.29, 1.82) is 0 Å². The Morgan fingerprint density at radius 2 is 1.48 bits per heavy atom. The molecule has 6 rings (SSSR count). The van der Waals surface area contributed by atoms with Crippen LogP contribution in [0.5, 0.6) is 5.75 Å². The van der Waals surface area contributed by atoms with Crippen molar-refractivity contribution in [3.63, 3.8) is 0 Å². The van der Waals surface area contributed by atoms with Gasteiger partial charge in [-0.05, 0) is 37.0 Å². The summed E-state index contributed by atoms with van der Waals surface area (Å²) in [7, 11) is 0. The van der Waals surface area contributed by atoms with Gasteiger partial charge >= 0.3 is 0 Å². The largest absolute Gasteiger partial charge is 0.508 e. The molecule has 0 aromatic heterocycles. The van der Waals surface area contributed by atoms with Crippen LogP contribution in [0.25, 0.3) is 0 Å². The summed E-state index contributed by atoms with van der Waals surface area (Å²) in [6.07, 6.45) is 0.565. The molecule has 0 radical (unpaired) electrons. The monoisotopic (exact) mass is 694 g/mol. The van der Waals surface area contributed by atoms with Gasteiger partial charge in [0.05, 0.1) is 11.8 Å². The minimum Gasteiger partial charge on any atom is -0.508 e. The predicted octanol–water partition coefficient (Wildman–Crippen LogP) is 4.80. The van der Waals surface area contributed by atoms with Gasteiger partial charge in [-0.2, -0.15) is 5.06 Å². The van der Waals surface area contributed by atoms with Gasteiger partial charge in [-0.3, -0.25) is 24.4 Å². The number of allylic oxidation sites excluding steroid dienone is 2. The Hall–Kier alpha value is -3.07. The number of imide groups is 2. The van der Waals surface area contributed by atoms with Crippen LogP contribution in [0.15, 0.2) is 34.3 Å². The van der Waals surface area contributed by atoms with E-state index in [1.54, 1.807) is 0 Å². The van der Waals surface area contributed by atoms with Gasteiger partial charge < -0.3 is 5.11 Å². The van der Waals surface area contributed by atoms with E-state index in [1.807, 2.05) is 0 Å². The van der Waals surface area contributed by atoms with Crippen LogP contribution in [-0.2, 0) is 19.2 Å². The zero-order valence-corrected chi connectivity index (χ0v) is 23.6. The molecule has 2 aromatic rings. The van der Waals surface area contributed by atoms with Crippen molar-refractivity contribution in [2.45, 2.75) is 28.5 Å². The number of phenolic OH excluding ortho intramolecular Hbond substituents is 1. The van der Waals surface area contributed by atoms with Crippen LogP contribution in [-0.4, -0.2) is 48.8 Å². The molecule has 2 heterocycles. The molecule has 0 spiro atoms. The summed E-state index contributed by atoms with van der Waals surface area (Å²) < 4.78 is 72.4. The van der Waals surface area contributed by atoms with Crippen molar-refractivity contribution in [3.05, 3.63) is 69.0 Å². The number of amides is 4. The SMILES string of the molecule is O=C1[C@H]2[C@H](CC=C3[C@H]2C[C@@]2(Cl)C(=O)N(c4c(F)c(F)c(F)c(F)c4F)C(=O)[C@@]2(Cl)[C@H]3c2cc(Br)ccc2O)C(=O)N1O. The van der Waals surface area contributed by atoms with E-state index in [4.69, 9.17) is 23.2 Å². The number of benzene rings is 2. The molecule has 6 atom stereocenters. The Bertz CT molecular complexity index is 1680. The van der Waals surface area contributed by atoms with Gasteiger partial charge in [0, 0.05) is 16.0 Å². The number of hydroxylamine groups is 2. The van der Waals surface area contributed by atoms with Crippen LogP contribution in [0.4, 0.5) is 27.6 Å².